The summed E-state index contributed by atoms with van der Waals surface area (Å²) < 4.78 is 26.1. The molecule has 6 rings (SSSR count). The Morgan fingerprint density at radius 2 is 2.06 bits per heavy atom. The van der Waals surface area contributed by atoms with E-state index in [1.54, 1.807) is 6.07 Å². The van der Waals surface area contributed by atoms with Crippen LogP contribution in [0.3, 0.4) is 0 Å². The van der Waals surface area contributed by atoms with Crippen molar-refractivity contribution in [3.63, 3.8) is 0 Å². The van der Waals surface area contributed by atoms with Gasteiger partial charge < -0.3 is 19.8 Å². The van der Waals surface area contributed by atoms with Gasteiger partial charge in [-0.2, -0.15) is 0 Å². The van der Waals surface area contributed by atoms with Gasteiger partial charge >= 0.3 is 0 Å². The van der Waals surface area contributed by atoms with Gasteiger partial charge in [0.05, 0.1) is 5.52 Å². The number of aromatic amines is 1. The molecule has 1 aliphatic heterocycles. The van der Waals surface area contributed by atoms with E-state index in [4.69, 9.17) is 9.47 Å². The van der Waals surface area contributed by atoms with Crippen molar-refractivity contribution in [2.75, 3.05) is 13.2 Å². The van der Waals surface area contributed by atoms with Crippen LogP contribution in [0.5, 0.6) is 11.5 Å². The number of ether oxygens (including phenoxy) is 2. The molecular weight excluding hydrogens is 405 g/mol. The molecule has 32 heavy (non-hydrogen) atoms. The molecule has 2 N–H and O–H groups in total. The number of nitrogens with zero attached hydrogens (tertiary/aromatic N) is 1. The van der Waals surface area contributed by atoms with Crippen LogP contribution >= 0.6 is 0 Å². The average molecular weight is 432 g/mol. The predicted octanol–water partition coefficient (Wildman–Crippen LogP) is 5.23. The predicted molar refractivity (Wildman–Crippen MR) is 123 cm³/mol. The number of nitrogens with one attached hydrogen (secondary N) is 2. The van der Waals surface area contributed by atoms with E-state index in [2.05, 4.69) is 21.4 Å². The number of hydrogen-bond acceptors (Lipinski definition) is 4. The number of aryl methyl sites for hydroxylation is 1. The first-order valence-corrected chi connectivity index (χ1v) is 11.3. The molecule has 6 heteroatoms. The number of halogens is 1. The minimum Gasteiger partial charge on any atom is -0.486 e. The van der Waals surface area contributed by atoms with Gasteiger partial charge in [-0.1, -0.05) is 0 Å². The standard InChI is InChI=1S/C26H26FN3O2/c1-15-2-6-20-24(30-15)8-9-25-26(20)32-19(14-31-25)12-28-18-5-3-16(10-18)22-13-29-23-7-4-17(27)11-21(22)23/h2,4,6-9,11,13,16,18-19,28-29H,3,5,10,12,14H2,1H3/t16-,18-,19+/m1/s1. The Labute approximate surface area is 185 Å². The summed E-state index contributed by atoms with van der Waals surface area (Å²) in [6.45, 7) is 3.25. The molecule has 0 unspecified atom stereocenters. The smallest absolute Gasteiger partial charge is 0.171 e. The molecule has 1 aliphatic carbocycles. The third-order valence-electron chi connectivity index (χ3n) is 6.82. The molecule has 1 saturated carbocycles. The second-order valence-corrected chi connectivity index (χ2v) is 9.01. The zero-order chi connectivity index (χ0) is 21.7. The maximum absolute atomic E-state index is 13.8. The summed E-state index contributed by atoms with van der Waals surface area (Å²) in [7, 11) is 0. The lowest BCUT2D eigenvalue weighted by atomic mass is 9.97. The van der Waals surface area contributed by atoms with E-state index in [0.29, 0.717) is 18.6 Å². The van der Waals surface area contributed by atoms with Crippen LogP contribution in [-0.2, 0) is 0 Å². The van der Waals surface area contributed by atoms with E-state index in [9.17, 15) is 4.39 Å². The van der Waals surface area contributed by atoms with Crippen LogP contribution in [0.25, 0.3) is 21.8 Å². The Balaban J connectivity index is 1.12. The van der Waals surface area contributed by atoms with E-state index in [1.807, 2.05) is 37.4 Å². The van der Waals surface area contributed by atoms with Gasteiger partial charge in [-0.15, -0.1) is 0 Å². The van der Waals surface area contributed by atoms with Gasteiger partial charge in [0.2, 0.25) is 0 Å². The molecule has 2 aliphatic rings. The topological polar surface area (TPSA) is 59.2 Å². The summed E-state index contributed by atoms with van der Waals surface area (Å²) in [5.74, 6) is 1.83. The van der Waals surface area contributed by atoms with E-state index in [1.165, 1.54) is 11.6 Å². The third kappa shape index (κ3) is 3.48. The fourth-order valence-electron chi connectivity index (χ4n) is 5.18. The number of benzene rings is 2. The molecule has 0 radical (unpaired) electrons. The van der Waals surface area contributed by atoms with E-state index in [0.717, 1.165) is 64.8 Å². The summed E-state index contributed by atoms with van der Waals surface area (Å²) in [4.78, 5) is 7.89. The molecule has 0 amide bonds. The molecule has 1 fully saturated rings. The number of hydrogen-bond donors (Lipinski definition) is 2. The summed E-state index contributed by atoms with van der Waals surface area (Å²) in [5, 5.41) is 5.68. The molecule has 0 spiro atoms. The molecule has 2 aromatic heterocycles. The van der Waals surface area contributed by atoms with Gasteiger partial charge in [0.15, 0.2) is 11.5 Å². The number of fused-ring (bicyclic) bond motifs is 4. The number of pyridine rings is 1. The maximum Gasteiger partial charge on any atom is 0.171 e. The molecule has 4 aromatic rings. The Morgan fingerprint density at radius 3 is 3.00 bits per heavy atom. The highest BCUT2D eigenvalue weighted by Gasteiger charge is 2.29. The highest BCUT2D eigenvalue weighted by atomic mass is 19.1. The fraction of sp³-hybridized carbons (Fsp3) is 0.346. The highest BCUT2D eigenvalue weighted by molar-refractivity contribution is 5.88. The van der Waals surface area contributed by atoms with E-state index in [-0.39, 0.29) is 11.9 Å². The highest BCUT2D eigenvalue weighted by Crippen LogP contribution is 2.40. The number of rotatable bonds is 4. The number of H-pyrrole nitrogens is 1. The van der Waals surface area contributed by atoms with Crippen LogP contribution in [0.4, 0.5) is 4.39 Å². The Hall–Kier alpha value is -3.12. The first-order chi connectivity index (χ1) is 15.6. The van der Waals surface area contributed by atoms with Crippen LogP contribution in [-0.4, -0.2) is 35.3 Å². The SMILES string of the molecule is Cc1ccc2c3c(ccc2n1)OC[C@H](CN[C@@H]1CC[C@@H](c2c[nH]c4ccc(F)cc24)C1)O3. The maximum atomic E-state index is 13.8. The molecule has 164 valence electrons. The fourth-order valence-corrected chi connectivity index (χ4v) is 5.18. The summed E-state index contributed by atoms with van der Waals surface area (Å²) in [6.07, 6.45) is 5.24. The van der Waals surface area contributed by atoms with Gasteiger partial charge in [-0.05, 0) is 80.1 Å². The van der Waals surface area contributed by atoms with Crippen molar-refractivity contribution >= 4 is 21.8 Å². The van der Waals surface area contributed by atoms with Gasteiger partial charge in [-0.3, -0.25) is 4.98 Å². The minimum atomic E-state index is -0.182. The Bertz CT molecular complexity index is 1300. The third-order valence-corrected chi connectivity index (χ3v) is 6.82. The van der Waals surface area contributed by atoms with Crippen molar-refractivity contribution in [3.8, 4) is 11.5 Å². The number of aromatic nitrogens is 2. The lowest BCUT2D eigenvalue weighted by Crippen LogP contribution is -2.41. The molecule has 3 atom stereocenters. The molecule has 0 bridgehead atoms. The van der Waals surface area contributed by atoms with Crippen molar-refractivity contribution < 1.29 is 13.9 Å². The van der Waals surface area contributed by atoms with Crippen molar-refractivity contribution in [2.45, 2.75) is 44.2 Å². The van der Waals surface area contributed by atoms with Gasteiger partial charge in [0.1, 0.15) is 18.5 Å². The molecule has 3 heterocycles. The van der Waals surface area contributed by atoms with Gasteiger partial charge in [0.25, 0.3) is 0 Å². The first-order valence-electron chi connectivity index (χ1n) is 11.3. The quantitative estimate of drug-likeness (QED) is 0.465. The molecule has 5 nitrogen and oxygen atoms in total. The van der Waals surface area contributed by atoms with Crippen LogP contribution in [0.15, 0.2) is 48.7 Å². The molecular formula is C26H26FN3O2. The van der Waals surface area contributed by atoms with Crippen LogP contribution in [0.2, 0.25) is 0 Å². The van der Waals surface area contributed by atoms with Gasteiger partial charge in [0, 0.05) is 40.8 Å². The van der Waals surface area contributed by atoms with Gasteiger partial charge in [-0.25, -0.2) is 4.39 Å². The van der Waals surface area contributed by atoms with E-state index < -0.39 is 0 Å². The largest absolute Gasteiger partial charge is 0.486 e. The lowest BCUT2D eigenvalue weighted by molar-refractivity contribution is 0.0902. The van der Waals surface area contributed by atoms with Crippen molar-refractivity contribution in [1.29, 1.82) is 0 Å². The summed E-state index contributed by atoms with van der Waals surface area (Å²) in [5.41, 5.74) is 4.14. The minimum absolute atomic E-state index is 0.0457. The van der Waals surface area contributed by atoms with Crippen molar-refractivity contribution in [2.24, 2.45) is 0 Å². The van der Waals surface area contributed by atoms with Crippen molar-refractivity contribution in [1.82, 2.24) is 15.3 Å². The monoisotopic (exact) mass is 431 g/mol. The summed E-state index contributed by atoms with van der Waals surface area (Å²) >= 11 is 0. The van der Waals surface area contributed by atoms with Crippen LogP contribution in [0, 0.1) is 12.7 Å². The van der Waals surface area contributed by atoms with E-state index >= 15 is 0 Å². The van der Waals surface area contributed by atoms with Crippen molar-refractivity contribution in [3.05, 3.63) is 65.7 Å². The first kappa shape index (κ1) is 19.6. The average Bonchev–Trinajstić information content (AvgIpc) is 3.43. The Kier molecular flexibility index (Phi) is 4.76. The van der Waals surface area contributed by atoms with Crippen LogP contribution < -0.4 is 14.8 Å². The second-order valence-electron chi connectivity index (χ2n) is 9.01. The lowest BCUT2D eigenvalue weighted by Gasteiger charge is -2.28. The second kappa shape index (κ2) is 7.78. The Morgan fingerprint density at radius 1 is 1.12 bits per heavy atom. The summed E-state index contributed by atoms with van der Waals surface area (Å²) in [6, 6.07) is 13.4. The molecule has 2 aromatic carbocycles. The zero-order valence-electron chi connectivity index (χ0n) is 18.0. The van der Waals surface area contributed by atoms with Crippen LogP contribution in [0.1, 0.15) is 36.4 Å². The normalized spacial score (nSPS) is 22.6. The molecule has 0 saturated heterocycles. The zero-order valence-corrected chi connectivity index (χ0v) is 18.0.